The molecule has 0 saturated carbocycles. The zero-order valence-corrected chi connectivity index (χ0v) is 42.3. The average Bonchev–Trinajstić information content (AvgIpc) is 3.99. The van der Waals surface area contributed by atoms with Crippen molar-refractivity contribution in [3.8, 4) is 22.6 Å². The summed E-state index contributed by atoms with van der Waals surface area (Å²) in [7, 11) is 3.51. The largest absolute Gasteiger partial charge is 0.496 e. The van der Waals surface area contributed by atoms with E-state index in [2.05, 4.69) is 73.9 Å². The van der Waals surface area contributed by atoms with Gasteiger partial charge in [0.15, 0.2) is 0 Å². The number of hydrogen-bond donors (Lipinski definition) is 0. The number of rotatable bonds is 15. The molecule has 4 aliphatic heterocycles. The Balaban J connectivity index is 1.17. The Bertz CT molecular complexity index is 1720. The van der Waals surface area contributed by atoms with Crippen LogP contribution in [0.2, 0.25) is 0 Å². The molecule has 0 spiro atoms. The molecule has 0 aliphatic carbocycles. The maximum Gasteiger partial charge on any atom is 0.126 e. The lowest BCUT2D eigenvalue weighted by Gasteiger charge is -2.16. The van der Waals surface area contributed by atoms with Crippen LogP contribution in [0, 0.1) is 0 Å². The van der Waals surface area contributed by atoms with E-state index in [0.29, 0.717) is 0 Å². The summed E-state index contributed by atoms with van der Waals surface area (Å²) in [5, 5.41) is 0. The molecule has 0 unspecified atom stereocenters. The topological polar surface area (TPSA) is 18.5 Å². The van der Waals surface area contributed by atoms with Crippen LogP contribution >= 0.6 is 188 Å². The molecule has 2 nitrogen and oxygen atoms in total. The molecule has 2 aromatic carbocycles. The van der Waals surface area contributed by atoms with Crippen molar-refractivity contribution in [1.29, 1.82) is 0 Å². The lowest BCUT2D eigenvalue weighted by atomic mass is 9.99. The molecule has 2 aromatic rings. The van der Waals surface area contributed by atoms with E-state index in [0.717, 1.165) is 34.1 Å². The molecule has 0 saturated heterocycles. The van der Waals surface area contributed by atoms with Gasteiger partial charge in [0.25, 0.3) is 0 Å². The summed E-state index contributed by atoms with van der Waals surface area (Å²) in [6.07, 6.45) is 13.1. The molecule has 0 aromatic heterocycles. The standard InChI is InChI=1S/C34H34O2S16/c1-35-21-11-9-17(15-43-29-27(41-7)49-33(51-29)31-45-23(37-3)24(38-4)46-31)13-19(21)20-14-18(10-12-22(20)36-2)16-44-30-28(42-8)50-34(52-30)32-47-25(39-5)26(40-6)48-32/h9-14H,15-16H2,1-8H3. The Kier molecular flexibility index (Phi) is 17.9. The molecule has 52 heavy (non-hydrogen) atoms. The van der Waals surface area contributed by atoms with Crippen molar-refractivity contribution >= 4 is 188 Å². The predicted molar refractivity (Wildman–Crippen MR) is 272 cm³/mol. The average molecular weight is 988 g/mol. The maximum atomic E-state index is 5.94. The summed E-state index contributed by atoms with van der Waals surface area (Å²) >= 11 is 30.5. The maximum absolute atomic E-state index is 5.94. The molecule has 0 atom stereocenters. The lowest BCUT2D eigenvalue weighted by Crippen LogP contribution is -1.95. The van der Waals surface area contributed by atoms with Crippen LogP contribution in [0.25, 0.3) is 11.1 Å². The molecule has 18 heteroatoms. The number of hydrogen-bond acceptors (Lipinski definition) is 18. The van der Waals surface area contributed by atoms with Gasteiger partial charge in [-0.05, 0) is 72.9 Å². The highest BCUT2D eigenvalue weighted by atomic mass is 32.3. The van der Waals surface area contributed by atoms with Crippen molar-refractivity contribution in [1.82, 2.24) is 0 Å². The first-order valence-corrected chi connectivity index (χ1v) is 30.9. The summed E-state index contributed by atoms with van der Waals surface area (Å²) in [5.41, 5.74) is 4.67. The van der Waals surface area contributed by atoms with Crippen LogP contribution < -0.4 is 9.47 Å². The van der Waals surface area contributed by atoms with Crippen molar-refractivity contribution in [2.75, 3.05) is 51.8 Å². The summed E-state index contributed by atoms with van der Waals surface area (Å²) in [4.78, 5) is 0. The highest BCUT2D eigenvalue weighted by molar-refractivity contribution is 8.46. The fourth-order valence-electron chi connectivity index (χ4n) is 4.76. The molecule has 0 amide bonds. The fourth-order valence-corrected chi connectivity index (χ4v) is 26.1. The first-order valence-electron chi connectivity index (χ1n) is 15.1. The van der Waals surface area contributed by atoms with Gasteiger partial charge in [0.2, 0.25) is 0 Å². The summed E-state index contributed by atoms with van der Waals surface area (Å²) < 4.78 is 28.8. The Hall–Kier alpha value is 2.08. The van der Waals surface area contributed by atoms with Gasteiger partial charge in [-0.1, -0.05) is 106 Å². The summed E-state index contributed by atoms with van der Waals surface area (Å²) in [6, 6.07) is 13.2. The van der Waals surface area contributed by atoms with E-state index in [-0.39, 0.29) is 0 Å². The summed E-state index contributed by atoms with van der Waals surface area (Å²) in [6.45, 7) is 0. The second-order valence-electron chi connectivity index (χ2n) is 10.1. The molecular formula is C34H34O2S16. The van der Waals surface area contributed by atoms with Crippen molar-refractivity contribution in [3.63, 3.8) is 0 Å². The first-order chi connectivity index (χ1) is 25.4. The van der Waals surface area contributed by atoms with E-state index < -0.39 is 0 Å². The van der Waals surface area contributed by atoms with Gasteiger partial charge in [0.1, 0.15) is 11.5 Å². The summed E-state index contributed by atoms with van der Waals surface area (Å²) in [5.74, 6) is 3.49. The normalized spacial score (nSPS) is 18.1. The number of benzene rings is 2. The third-order valence-electron chi connectivity index (χ3n) is 7.15. The van der Waals surface area contributed by atoms with Gasteiger partial charge in [0, 0.05) is 22.6 Å². The van der Waals surface area contributed by atoms with Crippen LogP contribution in [0.3, 0.4) is 0 Å². The predicted octanol–water partition coefficient (Wildman–Crippen LogP) is 16.7. The molecule has 0 bridgehead atoms. The van der Waals surface area contributed by atoms with Crippen LogP contribution in [-0.2, 0) is 11.5 Å². The monoisotopic (exact) mass is 986 g/mol. The van der Waals surface area contributed by atoms with E-state index in [1.54, 1.807) is 14.2 Å². The molecule has 278 valence electrons. The third kappa shape index (κ3) is 10.4. The van der Waals surface area contributed by atoms with Crippen molar-refractivity contribution in [2.24, 2.45) is 0 Å². The zero-order valence-electron chi connectivity index (χ0n) is 29.2. The molecule has 6 rings (SSSR count). The van der Waals surface area contributed by atoms with Crippen molar-refractivity contribution < 1.29 is 9.47 Å². The molecule has 0 radical (unpaired) electrons. The van der Waals surface area contributed by atoms with Gasteiger partial charge in [-0.3, -0.25) is 0 Å². The highest BCUT2D eigenvalue weighted by Crippen LogP contribution is 2.67. The Morgan fingerprint density at radius 1 is 0.404 bits per heavy atom. The second-order valence-corrected chi connectivity index (χ2v) is 28.3. The van der Waals surface area contributed by atoms with Gasteiger partial charge in [-0.15, -0.1) is 94.1 Å². The molecule has 4 aliphatic rings. The third-order valence-corrected chi connectivity index (χ3v) is 29.5. The van der Waals surface area contributed by atoms with Crippen LogP contribution in [-0.4, -0.2) is 51.8 Å². The fraction of sp³-hybridized carbons (Fsp3) is 0.294. The highest BCUT2D eigenvalue weighted by Gasteiger charge is 2.31. The van der Waals surface area contributed by atoms with E-state index in [1.807, 2.05) is 188 Å². The van der Waals surface area contributed by atoms with Crippen LogP contribution in [0.5, 0.6) is 11.5 Å². The van der Waals surface area contributed by atoms with E-state index in [4.69, 9.17) is 9.47 Å². The molecule has 4 heterocycles. The number of thioether (sulfide) groups is 16. The van der Waals surface area contributed by atoms with Crippen LogP contribution in [0.4, 0.5) is 0 Å². The van der Waals surface area contributed by atoms with E-state index in [9.17, 15) is 0 Å². The Morgan fingerprint density at radius 3 is 0.942 bits per heavy atom. The zero-order chi connectivity index (χ0) is 36.8. The Morgan fingerprint density at radius 2 is 0.673 bits per heavy atom. The quantitative estimate of drug-likeness (QED) is 0.169. The molecule has 0 N–H and O–H groups in total. The SMILES string of the molecule is COc1ccc(CSC2=C(SC)SC(=C3SC(SC)=C(SC)S3)S2)cc1-c1cc(CSC2=C(SC)SC(=C3SC(SC)=C(SC)S3)S2)ccc1OC. The van der Waals surface area contributed by atoms with Gasteiger partial charge >= 0.3 is 0 Å². The lowest BCUT2D eigenvalue weighted by molar-refractivity contribution is 0.410. The van der Waals surface area contributed by atoms with Gasteiger partial charge in [0.05, 0.1) is 65.1 Å². The minimum absolute atomic E-state index is 0.858. The van der Waals surface area contributed by atoms with Gasteiger partial charge in [-0.25, -0.2) is 0 Å². The second kappa shape index (κ2) is 21.4. The van der Waals surface area contributed by atoms with Gasteiger partial charge < -0.3 is 9.47 Å². The minimum Gasteiger partial charge on any atom is -0.496 e. The minimum atomic E-state index is 0.858. The Labute approximate surface area is 377 Å². The van der Waals surface area contributed by atoms with Crippen molar-refractivity contribution in [2.45, 2.75) is 11.5 Å². The van der Waals surface area contributed by atoms with Gasteiger partial charge in [-0.2, -0.15) is 0 Å². The number of ether oxygens (including phenoxy) is 2. The molecule has 0 fully saturated rings. The molecular weight excluding hydrogens is 953 g/mol. The smallest absolute Gasteiger partial charge is 0.126 e. The van der Waals surface area contributed by atoms with Crippen molar-refractivity contribution in [3.05, 3.63) is 98.4 Å². The van der Waals surface area contributed by atoms with Crippen LogP contribution in [0.15, 0.2) is 87.2 Å². The first kappa shape index (κ1) is 43.7. The van der Waals surface area contributed by atoms with E-state index >= 15 is 0 Å². The number of methoxy groups -OCH3 is 2. The van der Waals surface area contributed by atoms with Crippen LogP contribution in [0.1, 0.15) is 11.1 Å². The van der Waals surface area contributed by atoms with E-state index in [1.165, 1.54) is 62.0 Å².